The summed E-state index contributed by atoms with van der Waals surface area (Å²) in [6.07, 6.45) is 4.38. The van der Waals surface area contributed by atoms with Crippen molar-refractivity contribution in [2.45, 2.75) is 38.6 Å². The van der Waals surface area contributed by atoms with Crippen molar-refractivity contribution in [2.75, 3.05) is 44.2 Å². The summed E-state index contributed by atoms with van der Waals surface area (Å²) in [5.74, 6) is 3.27. The van der Waals surface area contributed by atoms with Crippen LogP contribution in [-0.4, -0.2) is 61.1 Å². The van der Waals surface area contributed by atoms with E-state index in [9.17, 15) is 4.79 Å². The van der Waals surface area contributed by atoms with Crippen LogP contribution in [0, 0.1) is 5.92 Å². The number of likely N-dealkylation sites (tertiary alicyclic amines) is 1. The third kappa shape index (κ3) is 8.25. The van der Waals surface area contributed by atoms with Crippen LogP contribution < -0.4 is 10.6 Å². The van der Waals surface area contributed by atoms with Crippen LogP contribution in [0.5, 0.6) is 0 Å². The molecule has 4 nitrogen and oxygen atoms in total. The molecule has 0 radical (unpaired) electrons. The molecule has 2 aliphatic rings. The fourth-order valence-electron chi connectivity index (χ4n) is 3.05. The van der Waals surface area contributed by atoms with Gasteiger partial charge in [-0.3, -0.25) is 4.79 Å². The minimum absolute atomic E-state index is 0. The van der Waals surface area contributed by atoms with Gasteiger partial charge in [0, 0.05) is 37.1 Å². The van der Waals surface area contributed by atoms with Gasteiger partial charge in [-0.05, 0) is 44.8 Å². The Morgan fingerprint density at radius 1 is 1.32 bits per heavy atom. The molecule has 0 aromatic rings. The van der Waals surface area contributed by atoms with E-state index in [4.69, 9.17) is 0 Å². The molecule has 2 fully saturated rings. The number of amides is 1. The number of hydrogen-bond donors (Lipinski definition) is 2. The molecule has 7 heteroatoms. The summed E-state index contributed by atoms with van der Waals surface area (Å²) in [5.41, 5.74) is 0. The maximum atomic E-state index is 11.9. The highest BCUT2D eigenvalue weighted by atomic mass is 35.5. The van der Waals surface area contributed by atoms with Crippen molar-refractivity contribution in [3.63, 3.8) is 0 Å². The molecule has 2 heterocycles. The van der Waals surface area contributed by atoms with E-state index in [0.29, 0.717) is 12.5 Å². The highest BCUT2D eigenvalue weighted by Gasteiger charge is 2.19. The van der Waals surface area contributed by atoms with Gasteiger partial charge in [0.25, 0.3) is 0 Å². The molecule has 0 aromatic heterocycles. The zero-order valence-electron chi connectivity index (χ0n) is 13.5. The number of piperidine rings is 1. The van der Waals surface area contributed by atoms with Gasteiger partial charge in [0.15, 0.2) is 0 Å². The topological polar surface area (TPSA) is 44.4 Å². The van der Waals surface area contributed by atoms with E-state index in [1.54, 1.807) is 0 Å². The maximum Gasteiger partial charge on any atom is 0.221 e. The number of rotatable bonds is 6. The first-order chi connectivity index (χ1) is 9.78. The monoisotopic (exact) mass is 371 g/mol. The van der Waals surface area contributed by atoms with Crippen molar-refractivity contribution in [2.24, 2.45) is 5.92 Å². The SMILES string of the molecule is CCN1CCC(CCNC(=O)CC2CSCCN2)CC1.Cl.Cl. The first-order valence-corrected chi connectivity index (χ1v) is 9.23. The van der Waals surface area contributed by atoms with Gasteiger partial charge in [0.1, 0.15) is 0 Å². The Labute approximate surface area is 151 Å². The average molecular weight is 372 g/mol. The smallest absolute Gasteiger partial charge is 0.221 e. The van der Waals surface area contributed by atoms with Gasteiger partial charge in [0.2, 0.25) is 5.91 Å². The van der Waals surface area contributed by atoms with Gasteiger partial charge in [0.05, 0.1) is 0 Å². The number of thioether (sulfide) groups is 1. The Hall–Kier alpha value is 0.320. The maximum absolute atomic E-state index is 11.9. The van der Waals surface area contributed by atoms with E-state index in [0.717, 1.165) is 31.2 Å². The van der Waals surface area contributed by atoms with Gasteiger partial charge in [-0.25, -0.2) is 0 Å². The summed E-state index contributed by atoms with van der Waals surface area (Å²) >= 11 is 1.95. The van der Waals surface area contributed by atoms with Crippen LogP contribution in [0.1, 0.15) is 32.6 Å². The Balaban J connectivity index is 0.00000220. The summed E-state index contributed by atoms with van der Waals surface area (Å²) in [4.78, 5) is 14.4. The lowest BCUT2D eigenvalue weighted by Gasteiger charge is -2.31. The molecular formula is C15H31Cl2N3OS. The third-order valence-corrected chi connectivity index (χ3v) is 5.59. The Kier molecular flexibility index (Phi) is 12.9. The lowest BCUT2D eigenvalue weighted by Crippen LogP contribution is -2.41. The third-order valence-electron chi connectivity index (χ3n) is 4.46. The zero-order valence-corrected chi connectivity index (χ0v) is 16.0. The summed E-state index contributed by atoms with van der Waals surface area (Å²) in [7, 11) is 0. The van der Waals surface area contributed by atoms with E-state index >= 15 is 0 Å². The van der Waals surface area contributed by atoms with E-state index in [1.807, 2.05) is 11.8 Å². The van der Waals surface area contributed by atoms with Gasteiger partial charge in [-0.15, -0.1) is 24.8 Å². The Morgan fingerprint density at radius 2 is 2.05 bits per heavy atom. The number of hydrogen-bond acceptors (Lipinski definition) is 4. The second-order valence-electron chi connectivity index (χ2n) is 5.95. The minimum Gasteiger partial charge on any atom is -0.356 e. The van der Waals surface area contributed by atoms with Crippen LogP contribution in [0.4, 0.5) is 0 Å². The van der Waals surface area contributed by atoms with E-state index in [-0.39, 0.29) is 30.7 Å². The van der Waals surface area contributed by atoms with Crippen molar-refractivity contribution in [3.8, 4) is 0 Å². The van der Waals surface area contributed by atoms with Crippen molar-refractivity contribution < 1.29 is 4.79 Å². The molecule has 0 bridgehead atoms. The van der Waals surface area contributed by atoms with E-state index < -0.39 is 0 Å². The van der Waals surface area contributed by atoms with Gasteiger partial charge in [-0.2, -0.15) is 11.8 Å². The predicted molar refractivity (Wildman–Crippen MR) is 101 cm³/mol. The summed E-state index contributed by atoms with van der Waals surface area (Å²) in [6.45, 7) is 7.78. The molecule has 1 amide bonds. The molecule has 22 heavy (non-hydrogen) atoms. The van der Waals surface area contributed by atoms with Crippen molar-refractivity contribution in [3.05, 3.63) is 0 Å². The Bertz CT molecular complexity index is 297. The molecule has 2 aliphatic heterocycles. The Morgan fingerprint density at radius 3 is 2.64 bits per heavy atom. The predicted octanol–water partition coefficient (Wildman–Crippen LogP) is 2.16. The molecule has 0 aromatic carbocycles. The lowest BCUT2D eigenvalue weighted by atomic mass is 9.93. The van der Waals surface area contributed by atoms with Gasteiger partial charge < -0.3 is 15.5 Å². The minimum atomic E-state index is 0. The van der Waals surface area contributed by atoms with Crippen LogP contribution in [0.2, 0.25) is 0 Å². The number of carbonyl (C=O) groups is 1. The first kappa shape index (κ1) is 22.3. The van der Waals surface area contributed by atoms with Crippen molar-refractivity contribution in [1.29, 1.82) is 0 Å². The summed E-state index contributed by atoms with van der Waals surface area (Å²) in [5, 5.41) is 6.51. The molecule has 2 saturated heterocycles. The highest BCUT2D eigenvalue weighted by molar-refractivity contribution is 7.99. The lowest BCUT2D eigenvalue weighted by molar-refractivity contribution is -0.121. The molecule has 132 valence electrons. The fourth-order valence-corrected chi connectivity index (χ4v) is 4.00. The molecule has 1 unspecified atom stereocenters. The quantitative estimate of drug-likeness (QED) is 0.750. The molecule has 2 N–H and O–H groups in total. The second kappa shape index (κ2) is 12.7. The first-order valence-electron chi connectivity index (χ1n) is 8.08. The molecule has 1 atom stereocenters. The molecular weight excluding hydrogens is 341 g/mol. The van der Waals surface area contributed by atoms with Crippen LogP contribution in [-0.2, 0) is 4.79 Å². The largest absolute Gasteiger partial charge is 0.356 e. The van der Waals surface area contributed by atoms with Crippen molar-refractivity contribution >= 4 is 42.5 Å². The summed E-state index contributed by atoms with van der Waals surface area (Å²) < 4.78 is 0. The van der Waals surface area contributed by atoms with Gasteiger partial charge in [-0.1, -0.05) is 6.92 Å². The summed E-state index contributed by atoms with van der Waals surface area (Å²) in [6, 6.07) is 0.376. The molecule has 2 rings (SSSR count). The van der Waals surface area contributed by atoms with Crippen LogP contribution in [0.25, 0.3) is 0 Å². The van der Waals surface area contributed by atoms with Crippen molar-refractivity contribution in [1.82, 2.24) is 15.5 Å². The zero-order chi connectivity index (χ0) is 14.2. The number of halogens is 2. The van der Waals surface area contributed by atoms with Crippen LogP contribution in [0.15, 0.2) is 0 Å². The van der Waals surface area contributed by atoms with Crippen LogP contribution in [0.3, 0.4) is 0 Å². The van der Waals surface area contributed by atoms with Crippen LogP contribution >= 0.6 is 36.6 Å². The standard InChI is InChI=1S/C15H29N3OS.2ClH/c1-2-18-8-4-13(5-9-18)3-6-17-15(19)11-14-12-20-10-7-16-14;;/h13-14,16H,2-12H2,1H3,(H,17,19);2*1H. The molecule has 0 saturated carbocycles. The average Bonchev–Trinajstić information content (AvgIpc) is 2.49. The number of nitrogens with zero attached hydrogens (tertiary/aromatic N) is 1. The normalized spacial score (nSPS) is 23.2. The van der Waals surface area contributed by atoms with E-state index in [2.05, 4.69) is 22.5 Å². The molecule has 0 spiro atoms. The fraction of sp³-hybridized carbons (Fsp3) is 0.933. The second-order valence-corrected chi connectivity index (χ2v) is 7.10. The number of nitrogens with one attached hydrogen (secondary N) is 2. The highest BCUT2D eigenvalue weighted by Crippen LogP contribution is 2.19. The molecule has 0 aliphatic carbocycles. The number of carbonyl (C=O) groups excluding carboxylic acids is 1. The van der Waals surface area contributed by atoms with Gasteiger partial charge >= 0.3 is 0 Å². The van der Waals surface area contributed by atoms with E-state index in [1.165, 1.54) is 38.2 Å².